The first kappa shape index (κ1) is 31.2. The lowest BCUT2D eigenvalue weighted by atomic mass is 9.97. The van der Waals surface area contributed by atoms with Crippen molar-refractivity contribution in [3.05, 3.63) is 95.6 Å². The molecule has 0 unspecified atom stereocenters. The molecule has 0 aromatic heterocycles. The fraction of sp³-hybridized carbons (Fsp3) is 0.344. The Morgan fingerprint density at radius 2 is 1.51 bits per heavy atom. The SMILES string of the molecule is C/C(=C\C(=O)N(C)CC(=O)N(C)[C@H](Cc1ccccc1)C(N)=O)CC(C)(C)N.Cc1ccc2ccccc2c1. The Balaban J connectivity index is 0.000000397. The number of amides is 3. The molecule has 0 fully saturated rings. The van der Waals surface area contributed by atoms with E-state index in [0.29, 0.717) is 12.8 Å². The third-order valence-corrected chi connectivity index (χ3v) is 6.22. The molecule has 1 atom stereocenters. The first-order valence-electron chi connectivity index (χ1n) is 13.0. The summed E-state index contributed by atoms with van der Waals surface area (Å²) in [4.78, 5) is 39.4. The molecule has 3 rings (SSSR count). The molecule has 0 saturated heterocycles. The van der Waals surface area contributed by atoms with Gasteiger partial charge in [-0.2, -0.15) is 0 Å². The van der Waals surface area contributed by atoms with Crippen LogP contribution in [0.1, 0.15) is 38.3 Å². The molecular formula is C32H42N4O3. The molecule has 0 saturated carbocycles. The van der Waals surface area contributed by atoms with Gasteiger partial charge in [0.2, 0.25) is 17.7 Å². The van der Waals surface area contributed by atoms with E-state index in [4.69, 9.17) is 11.5 Å². The number of carbonyl (C=O) groups is 3. The maximum absolute atomic E-state index is 12.6. The first-order valence-corrected chi connectivity index (χ1v) is 13.0. The van der Waals surface area contributed by atoms with Crippen molar-refractivity contribution < 1.29 is 14.4 Å². The highest BCUT2D eigenvalue weighted by atomic mass is 16.2. The van der Waals surface area contributed by atoms with Gasteiger partial charge in [0.1, 0.15) is 6.04 Å². The van der Waals surface area contributed by atoms with Crippen LogP contribution in [0.25, 0.3) is 10.8 Å². The number of nitrogens with zero attached hydrogens (tertiary/aromatic N) is 2. The Labute approximate surface area is 232 Å². The average Bonchev–Trinajstić information content (AvgIpc) is 2.86. The van der Waals surface area contributed by atoms with E-state index < -0.39 is 17.5 Å². The van der Waals surface area contributed by atoms with Crippen LogP contribution in [0.5, 0.6) is 0 Å². The molecular weight excluding hydrogens is 488 g/mol. The Morgan fingerprint density at radius 1 is 0.923 bits per heavy atom. The summed E-state index contributed by atoms with van der Waals surface area (Å²) in [7, 11) is 3.07. The molecule has 0 aliphatic carbocycles. The number of likely N-dealkylation sites (N-methyl/N-ethyl adjacent to an activating group) is 2. The van der Waals surface area contributed by atoms with E-state index in [1.165, 1.54) is 39.3 Å². The van der Waals surface area contributed by atoms with Gasteiger partial charge in [-0.05, 0) is 50.5 Å². The molecule has 0 heterocycles. The summed E-state index contributed by atoms with van der Waals surface area (Å²) in [6, 6.07) is 23.5. The second-order valence-corrected chi connectivity index (χ2v) is 10.8. The lowest BCUT2D eigenvalue weighted by molar-refractivity contribution is -0.141. The molecule has 4 N–H and O–H groups in total. The summed E-state index contributed by atoms with van der Waals surface area (Å²) in [5.74, 6) is -1.24. The monoisotopic (exact) mass is 530 g/mol. The molecule has 0 aliphatic rings. The van der Waals surface area contributed by atoms with Crippen molar-refractivity contribution in [2.45, 2.75) is 52.1 Å². The zero-order valence-electron chi connectivity index (χ0n) is 24.0. The number of fused-ring (bicyclic) bond motifs is 1. The number of carbonyl (C=O) groups excluding carboxylic acids is 3. The number of primary amides is 1. The maximum atomic E-state index is 12.6. The molecule has 0 spiro atoms. The zero-order valence-corrected chi connectivity index (χ0v) is 24.0. The van der Waals surface area contributed by atoms with Gasteiger partial charge in [-0.15, -0.1) is 0 Å². The van der Waals surface area contributed by atoms with E-state index in [0.717, 1.165) is 11.1 Å². The Morgan fingerprint density at radius 3 is 2.10 bits per heavy atom. The number of hydrogen-bond acceptors (Lipinski definition) is 4. The van der Waals surface area contributed by atoms with Crippen molar-refractivity contribution in [3.8, 4) is 0 Å². The average molecular weight is 531 g/mol. The summed E-state index contributed by atoms with van der Waals surface area (Å²) in [5.41, 5.74) is 14.1. The molecule has 208 valence electrons. The van der Waals surface area contributed by atoms with Crippen LogP contribution in [0.3, 0.4) is 0 Å². The summed E-state index contributed by atoms with van der Waals surface area (Å²) in [5, 5.41) is 2.64. The van der Waals surface area contributed by atoms with Crippen LogP contribution in [0.4, 0.5) is 0 Å². The van der Waals surface area contributed by atoms with Gasteiger partial charge >= 0.3 is 0 Å². The van der Waals surface area contributed by atoms with Gasteiger partial charge in [-0.3, -0.25) is 14.4 Å². The molecule has 0 radical (unpaired) electrons. The van der Waals surface area contributed by atoms with Crippen LogP contribution in [0.2, 0.25) is 0 Å². The fourth-order valence-corrected chi connectivity index (χ4v) is 4.23. The molecule has 7 nitrogen and oxygen atoms in total. The fourth-order valence-electron chi connectivity index (χ4n) is 4.23. The molecule has 3 aromatic rings. The lowest BCUT2D eigenvalue weighted by Gasteiger charge is -2.28. The topological polar surface area (TPSA) is 110 Å². The van der Waals surface area contributed by atoms with Gasteiger partial charge in [0.05, 0.1) is 6.54 Å². The van der Waals surface area contributed by atoms with Crippen LogP contribution in [0, 0.1) is 6.92 Å². The molecule has 3 amide bonds. The Bertz CT molecular complexity index is 1300. The van der Waals surface area contributed by atoms with Crippen LogP contribution in [-0.2, 0) is 20.8 Å². The van der Waals surface area contributed by atoms with Crippen molar-refractivity contribution in [1.29, 1.82) is 0 Å². The zero-order chi connectivity index (χ0) is 29.2. The molecule has 39 heavy (non-hydrogen) atoms. The highest BCUT2D eigenvalue weighted by Crippen LogP contribution is 2.15. The normalized spacial score (nSPS) is 12.2. The maximum Gasteiger partial charge on any atom is 0.246 e. The van der Waals surface area contributed by atoms with E-state index in [2.05, 4.69) is 49.4 Å². The highest BCUT2D eigenvalue weighted by Gasteiger charge is 2.26. The minimum absolute atomic E-state index is 0.149. The van der Waals surface area contributed by atoms with Gasteiger partial charge in [0.25, 0.3) is 0 Å². The van der Waals surface area contributed by atoms with Crippen molar-refractivity contribution in [3.63, 3.8) is 0 Å². The highest BCUT2D eigenvalue weighted by molar-refractivity contribution is 5.93. The second kappa shape index (κ2) is 14.3. The van der Waals surface area contributed by atoms with E-state index in [1.807, 2.05) is 51.1 Å². The summed E-state index contributed by atoms with van der Waals surface area (Å²) in [6.45, 7) is 7.56. The predicted molar refractivity (Wildman–Crippen MR) is 159 cm³/mol. The van der Waals surface area contributed by atoms with Crippen molar-refractivity contribution in [2.75, 3.05) is 20.6 Å². The van der Waals surface area contributed by atoms with Crippen LogP contribution >= 0.6 is 0 Å². The van der Waals surface area contributed by atoms with Gasteiger partial charge in [-0.1, -0.05) is 83.9 Å². The third kappa shape index (κ3) is 10.7. The van der Waals surface area contributed by atoms with Crippen molar-refractivity contribution in [1.82, 2.24) is 9.80 Å². The number of hydrogen-bond donors (Lipinski definition) is 2. The predicted octanol–water partition coefficient (Wildman–Crippen LogP) is 4.22. The number of rotatable bonds is 9. The second-order valence-electron chi connectivity index (χ2n) is 10.8. The van der Waals surface area contributed by atoms with Crippen molar-refractivity contribution in [2.24, 2.45) is 11.5 Å². The summed E-state index contributed by atoms with van der Waals surface area (Å²) >= 11 is 0. The molecule has 0 aliphatic heterocycles. The van der Waals surface area contributed by atoms with E-state index in [1.54, 1.807) is 7.05 Å². The molecule has 0 bridgehead atoms. The number of benzene rings is 3. The smallest absolute Gasteiger partial charge is 0.246 e. The largest absolute Gasteiger partial charge is 0.368 e. The van der Waals surface area contributed by atoms with Gasteiger partial charge in [0, 0.05) is 32.1 Å². The standard InChI is InChI=1S/C21H32N4O3.C11H10/c1-15(13-21(2,3)23)11-18(26)24(4)14-19(27)25(5)17(20(22)28)12-16-9-7-6-8-10-16;1-9-6-7-10-4-2-3-5-11(10)8-9/h6-11,17H,12-14,23H2,1-5H3,(H2,22,28);2-8H,1H3/b15-11+;/t17-;/m1./s1. The number of nitrogens with two attached hydrogens (primary N) is 2. The summed E-state index contributed by atoms with van der Waals surface area (Å²) < 4.78 is 0. The van der Waals surface area contributed by atoms with Gasteiger partial charge in [0.15, 0.2) is 0 Å². The van der Waals surface area contributed by atoms with Gasteiger partial charge in [-0.25, -0.2) is 0 Å². The Hall–Kier alpha value is -3.97. The van der Waals surface area contributed by atoms with E-state index in [9.17, 15) is 14.4 Å². The third-order valence-electron chi connectivity index (χ3n) is 6.22. The van der Waals surface area contributed by atoms with Crippen LogP contribution < -0.4 is 11.5 Å². The first-order chi connectivity index (χ1) is 18.3. The van der Waals surface area contributed by atoms with Crippen LogP contribution in [0.15, 0.2) is 84.4 Å². The van der Waals surface area contributed by atoms with Crippen LogP contribution in [-0.4, -0.2) is 59.7 Å². The lowest BCUT2D eigenvalue weighted by Crippen LogP contribution is -2.50. The quantitative estimate of drug-likeness (QED) is 0.404. The van der Waals surface area contributed by atoms with E-state index in [-0.39, 0.29) is 18.4 Å². The minimum atomic E-state index is -0.784. The molecule has 7 heteroatoms. The minimum Gasteiger partial charge on any atom is -0.368 e. The summed E-state index contributed by atoms with van der Waals surface area (Å²) in [6.07, 6.45) is 2.37. The van der Waals surface area contributed by atoms with Crippen molar-refractivity contribution >= 4 is 28.5 Å². The molecule has 3 aromatic carbocycles. The Kier molecular flexibility index (Phi) is 11.4. The van der Waals surface area contributed by atoms with E-state index >= 15 is 0 Å². The number of aryl methyl sites for hydroxylation is 1. The van der Waals surface area contributed by atoms with Gasteiger partial charge < -0.3 is 21.3 Å².